The Morgan fingerprint density at radius 3 is 2.79 bits per heavy atom. The van der Waals surface area contributed by atoms with Crippen molar-refractivity contribution in [1.82, 2.24) is 25.3 Å². The molecule has 28 heavy (non-hydrogen) atoms. The molecular formula is C16H15FN8O3. The lowest BCUT2D eigenvalue weighted by molar-refractivity contribution is -0.384. The van der Waals surface area contributed by atoms with E-state index >= 15 is 0 Å². The van der Waals surface area contributed by atoms with E-state index in [1.54, 1.807) is 6.07 Å². The van der Waals surface area contributed by atoms with E-state index in [0.717, 1.165) is 18.2 Å². The second-order valence-corrected chi connectivity index (χ2v) is 6.39. The summed E-state index contributed by atoms with van der Waals surface area (Å²) in [5, 5.41) is 28.7. The summed E-state index contributed by atoms with van der Waals surface area (Å²) in [5.74, 6) is -0.701. The van der Waals surface area contributed by atoms with Gasteiger partial charge < -0.3 is 10.2 Å². The number of nitro groups is 1. The van der Waals surface area contributed by atoms with Crippen LogP contribution in [0, 0.1) is 21.8 Å². The van der Waals surface area contributed by atoms with E-state index in [2.05, 4.69) is 25.9 Å². The van der Waals surface area contributed by atoms with Crippen molar-refractivity contribution in [2.24, 2.45) is 5.92 Å². The van der Waals surface area contributed by atoms with Crippen molar-refractivity contribution in [3.8, 4) is 0 Å². The minimum atomic E-state index is -0.713. The summed E-state index contributed by atoms with van der Waals surface area (Å²) < 4.78 is 15.2. The Bertz CT molecular complexity index is 1050. The van der Waals surface area contributed by atoms with Crippen LogP contribution in [0.4, 0.5) is 21.6 Å². The molecule has 1 N–H and O–H groups in total. The zero-order valence-corrected chi connectivity index (χ0v) is 14.5. The standard InChI is InChI=1S/C16H15FN8O3/c17-12-2-1-11(25(27)28)9-13(12)18-16(26)10-5-7-23(8-6-10)15-4-3-14-19-21-22-24(14)20-15/h1-4,9-10H,5-8H2,(H,18,26). The fourth-order valence-electron chi connectivity index (χ4n) is 3.14. The highest BCUT2D eigenvalue weighted by Crippen LogP contribution is 2.25. The van der Waals surface area contributed by atoms with Gasteiger partial charge in [0.2, 0.25) is 5.91 Å². The fourth-order valence-corrected chi connectivity index (χ4v) is 3.14. The highest BCUT2D eigenvalue weighted by atomic mass is 19.1. The van der Waals surface area contributed by atoms with E-state index in [0.29, 0.717) is 37.4 Å². The van der Waals surface area contributed by atoms with Crippen LogP contribution in [0.5, 0.6) is 0 Å². The van der Waals surface area contributed by atoms with Crippen molar-refractivity contribution in [2.45, 2.75) is 12.8 Å². The highest BCUT2D eigenvalue weighted by molar-refractivity contribution is 5.93. The van der Waals surface area contributed by atoms with Gasteiger partial charge in [-0.15, -0.1) is 14.8 Å². The molecular weight excluding hydrogens is 371 g/mol. The van der Waals surface area contributed by atoms with E-state index in [4.69, 9.17) is 0 Å². The maximum Gasteiger partial charge on any atom is 0.271 e. The van der Waals surface area contributed by atoms with Gasteiger partial charge in [0.05, 0.1) is 10.6 Å². The number of non-ortho nitro benzene ring substituents is 1. The lowest BCUT2D eigenvalue weighted by Crippen LogP contribution is -2.38. The predicted molar refractivity (Wildman–Crippen MR) is 95.2 cm³/mol. The number of aromatic nitrogens is 5. The quantitative estimate of drug-likeness (QED) is 0.526. The molecule has 1 saturated heterocycles. The molecule has 4 rings (SSSR count). The molecule has 1 aliphatic rings. The molecule has 0 atom stereocenters. The van der Waals surface area contributed by atoms with Crippen molar-refractivity contribution < 1.29 is 14.1 Å². The molecule has 2 aromatic heterocycles. The van der Waals surface area contributed by atoms with E-state index in [1.807, 2.05) is 11.0 Å². The number of anilines is 2. The Labute approximate surface area is 157 Å². The molecule has 1 amide bonds. The number of carbonyl (C=O) groups excluding carboxylic acids is 1. The Kier molecular flexibility index (Phi) is 4.51. The summed E-state index contributed by atoms with van der Waals surface area (Å²) in [6.45, 7) is 1.16. The number of piperidine rings is 1. The van der Waals surface area contributed by atoms with Crippen molar-refractivity contribution in [3.05, 3.63) is 46.3 Å². The number of carbonyl (C=O) groups is 1. The molecule has 1 aliphatic heterocycles. The third-order valence-electron chi connectivity index (χ3n) is 4.66. The summed E-state index contributed by atoms with van der Waals surface area (Å²) in [6, 6.07) is 6.61. The van der Waals surface area contributed by atoms with Crippen molar-refractivity contribution in [3.63, 3.8) is 0 Å². The third-order valence-corrected chi connectivity index (χ3v) is 4.66. The van der Waals surface area contributed by atoms with Gasteiger partial charge >= 0.3 is 0 Å². The zero-order chi connectivity index (χ0) is 19.7. The molecule has 12 heteroatoms. The van der Waals surface area contributed by atoms with Crippen LogP contribution in [-0.4, -0.2) is 49.2 Å². The molecule has 3 heterocycles. The number of nitro benzene ring substituents is 1. The second-order valence-electron chi connectivity index (χ2n) is 6.39. The first-order chi connectivity index (χ1) is 13.5. The molecule has 0 spiro atoms. The van der Waals surface area contributed by atoms with Gasteiger partial charge in [0, 0.05) is 31.1 Å². The number of hydrogen-bond donors (Lipinski definition) is 1. The Balaban J connectivity index is 1.40. The molecule has 0 bridgehead atoms. The van der Waals surface area contributed by atoms with Crippen LogP contribution in [0.1, 0.15) is 12.8 Å². The van der Waals surface area contributed by atoms with Crippen LogP contribution in [0.15, 0.2) is 30.3 Å². The Hall–Kier alpha value is -3.70. The van der Waals surface area contributed by atoms with Crippen LogP contribution in [0.2, 0.25) is 0 Å². The van der Waals surface area contributed by atoms with Crippen molar-refractivity contribution in [1.29, 1.82) is 0 Å². The van der Waals surface area contributed by atoms with Crippen LogP contribution in [0.25, 0.3) is 5.65 Å². The van der Waals surface area contributed by atoms with Gasteiger partial charge in [-0.1, -0.05) is 0 Å². The molecule has 144 valence electrons. The maximum atomic E-state index is 13.9. The summed E-state index contributed by atoms with van der Waals surface area (Å²) >= 11 is 0. The van der Waals surface area contributed by atoms with Crippen LogP contribution >= 0.6 is 0 Å². The minimum Gasteiger partial charge on any atom is -0.355 e. The summed E-state index contributed by atoms with van der Waals surface area (Å²) in [6.07, 6.45) is 1.08. The maximum absolute atomic E-state index is 13.9. The van der Waals surface area contributed by atoms with Crippen LogP contribution < -0.4 is 10.2 Å². The molecule has 0 unspecified atom stereocenters. The Morgan fingerprint density at radius 2 is 2.04 bits per heavy atom. The van der Waals surface area contributed by atoms with Gasteiger partial charge in [-0.2, -0.15) is 0 Å². The number of amides is 1. The first-order valence-corrected chi connectivity index (χ1v) is 8.56. The number of nitrogens with zero attached hydrogens (tertiary/aromatic N) is 7. The van der Waals surface area contributed by atoms with Gasteiger partial charge in [-0.05, 0) is 41.5 Å². The van der Waals surface area contributed by atoms with Crippen LogP contribution in [-0.2, 0) is 4.79 Å². The number of nitrogens with one attached hydrogen (secondary N) is 1. The van der Waals surface area contributed by atoms with E-state index in [1.165, 1.54) is 4.63 Å². The topological polar surface area (TPSA) is 131 Å². The minimum absolute atomic E-state index is 0.188. The molecule has 0 saturated carbocycles. The zero-order valence-electron chi connectivity index (χ0n) is 14.5. The third kappa shape index (κ3) is 3.43. The molecule has 11 nitrogen and oxygen atoms in total. The van der Waals surface area contributed by atoms with E-state index in [9.17, 15) is 19.3 Å². The number of rotatable bonds is 4. The second kappa shape index (κ2) is 7.13. The monoisotopic (exact) mass is 386 g/mol. The largest absolute Gasteiger partial charge is 0.355 e. The van der Waals surface area contributed by atoms with Gasteiger partial charge in [-0.25, -0.2) is 4.39 Å². The van der Waals surface area contributed by atoms with Crippen LogP contribution in [0.3, 0.4) is 0 Å². The molecule has 1 fully saturated rings. The molecule has 0 aliphatic carbocycles. The lowest BCUT2D eigenvalue weighted by Gasteiger charge is -2.31. The van der Waals surface area contributed by atoms with Gasteiger partial charge in [0.1, 0.15) is 5.82 Å². The number of fused-ring (bicyclic) bond motifs is 1. The van der Waals surface area contributed by atoms with Gasteiger partial charge in [0.25, 0.3) is 5.69 Å². The number of benzene rings is 1. The average molecular weight is 386 g/mol. The fraction of sp³-hybridized carbons (Fsp3) is 0.312. The normalized spacial score (nSPS) is 15.0. The molecule has 1 aromatic carbocycles. The smallest absolute Gasteiger partial charge is 0.271 e. The summed E-state index contributed by atoms with van der Waals surface area (Å²) in [5.41, 5.74) is 0.0695. The number of tetrazole rings is 1. The van der Waals surface area contributed by atoms with Crippen molar-refractivity contribution >= 4 is 28.7 Å². The van der Waals surface area contributed by atoms with Gasteiger partial charge in [0.15, 0.2) is 11.5 Å². The number of halogens is 1. The van der Waals surface area contributed by atoms with E-state index < -0.39 is 10.7 Å². The number of hydrogen-bond acceptors (Lipinski definition) is 8. The van der Waals surface area contributed by atoms with Gasteiger partial charge in [-0.3, -0.25) is 14.9 Å². The van der Waals surface area contributed by atoms with Crippen molar-refractivity contribution in [2.75, 3.05) is 23.3 Å². The first-order valence-electron chi connectivity index (χ1n) is 8.56. The predicted octanol–water partition coefficient (Wildman–Crippen LogP) is 1.42. The lowest BCUT2D eigenvalue weighted by atomic mass is 9.95. The molecule has 3 aromatic rings. The average Bonchev–Trinajstić information content (AvgIpc) is 3.17. The Morgan fingerprint density at radius 1 is 1.25 bits per heavy atom. The SMILES string of the molecule is O=C(Nc1cc([N+](=O)[O-])ccc1F)C1CCN(c2ccc3nnnn3n2)CC1. The van der Waals surface area contributed by atoms with E-state index in [-0.39, 0.29) is 23.2 Å². The summed E-state index contributed by atoms with van der Waals surface area (Å²) in [4.78, 5) is 24.7. The highest BCUT2D eigenvalue weighted by Gasteiger charge is 2.27. The summed E-state index contributed by atoms with van der Waals surface area (Å²) in [7, 11) is 0. The first kappa shape index (κ1) is 17.7. The molecule has 0 radical (unpaired) electrons.